The zero-order valence-electron chi connectivity index (χ0n) is 11.4. The number of nitrogens with zero attached hydrogens (tertiary/aromatic N) is 4. The predicted octanol–water partition coefficient (Wildman–Crippen LogP) is 1.31. The lowest BCUT2D eigenvalue weighted by Crippen LogP contribution is -2.50. The van der Waals surface area contributed by atoms with Crippen LogP contribution in [0.2, 0.25) is 0 Å². The van der Waals surface area contributed by atoms with Crippen LogP contribution < -0.4 is 10.6 Å². The zero-order chi connectivity index (χ0) is 13.3. The highest BCUT2D eigenvalue weighted by Gasteiger charge is 2.31. The minimum atomic E-state index is 0.310. The van der Waals surface area contributed by atoms with Crippen LogP contribution in [-0.4, -0.2) is 38.7 Å². The summed E-state index contributed by atoms with van der Waals surface area (Å²) in [7, 11) is 0. The third kappa shape index (κ3) is 2.40. The van der Waals surface area contributed by atoms with Crippen molar-refractivity contribution < 1.29 is 0 Å². The molecule has 102 valence electrons. The Labute approximate surface area is 112 Å². The Morgan fingerprint density at radius 3 is 3.26 bits per heavy atom. The van der Waals surface area contributed by atoms with E-state index in [0.29, 0.717) is 11.5 Å². The van der Waals surface area contributed by atoms with E-state index < -0.39 is 0 Å². The van der Waals surface area contributed by atoms with Crippen LogP contribution in [0, 0.1) is 5.41 Å². The van der Waals surface area contributed by atoms with Crippen LogP contribution in [-0.2, 0) is 0 Å². The molecule has 3 rings (SSSR count). The van der Waals surface area contributed by atoms with Gasteiger partial charge >= 0.3 is 0 Å². The van der Waals surface area contributed by atoms with Crippen LogP contribution in [0.5, 0.6) is 0 Å². The molecule has 6 nitrogen and oxygen atoms in total. The molecule has 1 aliphatic rings. The van der Waals surface area contributed by atoms with Crippen molar-refractivity contribution in [2.24, 2.45) is 5.41 Å². The first-order chi connectivity index (χ1) is 9.17. The molecule has 3 heterocycles. The lowest BCUT2D eigenvalue weighted by molar-refractivity contribution is 0.188. The van der Waals surface area contributed by atoms with Crippen LogP contribution >= 0.6 is 0 Å². The third-order valence-corrected chi connectivity index (χ3v) is 4.02. The Morgan fingerprint density at radius 1 is 1.53 bits per heavy atom. The fourth-order valence-corrected chi connectivity index (χ4v) is 2.70. The van der Waals surface area contributed by atoms with Gasteiger partial charge in [0.2, 0.25) is 5.65 Å². The molecule has 0 aromatic carbocycles. The molecule has 19 heavy (non-hydrogen) atoms. The lowest BCUT2D eigenvalue weighted by atomic mass is 9.77. The minimum Gasteiger partial charge on any atom is -0.365 e. The predicted molar refractivity (Wildman–Crippen MR) is 74.1 cm³/mol. The zero-order valence-corrected chi connectivity index (χ0v) is 11.4. The number of nitrogens with one attached hydrogen (secondary N) is 2. The maximum Gasteiger partial charge on any atom is 0.203 e. The van der Waals surface area contributed by atoms with Gasteiger partial charge in [-0.25, -0.2) is 4.98 Å². The second-order valence-electron chi connectivity index (χ2n) is 5.82. The molecule has 0 radical (unpaired) electrons. The topological polar surface area (TPSA) is 67.1 Å². The Balaban J connectivity index is 1.73. The SMILES string of the molecule is CC1(C)CCCNC1CNc1nccn2cnnc12. The molecule has 2 aromatic heterocycles. The number of hydrogen-bond donors (Lipinski definition) is 2. The van der Waals surface area contributed by atoms with Gasteiger partial charge in [-0.05, 0) is 24.8 Å². The summed E-state index contributed by atoms with van der Waals surface area (Å²) in [6.07, 6.45) is 7.81. The van der Waals surface area contributed by atoms with Crippen LogP contribution in [0.4, 0.5) is 5.82 Å². The molecule has 1 saturated heterocycles. The van der Waals surface area contributed by atoms with Crippen LogP contribution in [0.25, 0.3) is 5.65 Å². The fourth-order valence-electron chi connectivity index (χ4n) is 2.70. The van der Waals surface area contributed by atoms with E-state index in [1.807, 2.05) is 10.6 Å². The molecule has 1 unspecified atom stereocenters. The highest BCUT2D eigenvalue weighted by Crippen LogP contribution is 2.30. The van der Waals surface area contributed by atoms with Gasteiger partial charge in [-0.1, -0.05) is 13.8 Å². The Morgan fingerprint density at radius 2 is 2.42 bits per heavy atom. The normalized spacial score (nSPS) is 22.5. The largest absolute Gasteiger partial charge is 0.365 e. The molecule has 1 atom stereocenters. The van der Waals surface area contributed by atoms with Crippen LogP contribution in [0.15, 0.2) is 18.7 Å². The average molecular weight is 260 g/mol. The van der Waals surface area contributed by atoms with E-state index >= 15 is 0 Å². The Bertz CT molecular complexity index is 561. The molecular weight excluding hydrogens is 240 g/mol. The lowest BCUT2D eigenvalue weighted by Gasteiger charge is -2.39. The van der Waals surface area contributed by atoms with Gasteiger partial charge in [-0.3, -0.25) is 4.40 Å². The van der Waals surface area contributed by atoms with Crippen molar-refractivity contribution in [3.63, 3.8) is 0 Å². The second-order valence-corrected chi connectivity index (χ2v) is 5.82. The summed E-state index contributed by atoms with van der Waals surface area (Å²) in [5, 5.41) is 15.0. The maximum atomic E-state index is 4.35. The van der Waals surface area contributed by atoms with Crippen molar-refractivity contribution in [2.75, 3.05) is 18.4 Å². The minimum absolute atomic E-state index is 0.310. The number of piperidine rings is 1. The summed E-state index contributed by atoms with van der Waals surface area (Å²) in [6.45, 7) is 6.58. The molecule has 0 saturated carbocycles. The standard InChI is InChI=1S/C13H20N6/c1-13(2)4-3-5-14-10(13)8-16-11-12-18-17-9-19(12)7-6-15-11/h6-7,9-10,14H,3-5,8H2,1-2H3,(H,15,16). The summed E-state index contributed by atoms with van der Waals surface area (Å²) in [5.41, 5.74) is 1.08. The van der Waals surface area contributed by atoms with Gasteiger partial charge in [0.05, 0.1) is 0 Å². The highest BCUT2D eigenvalue weighted by atomic mass is 15.2. The van der Waals surface area contributed by atoms with Gasteiger partial charge in [-0.2, -0.15) is 0 Å². The molecule has 0 bridgehead atoms. The van der Waals surface area contributed by atoms with E-state index in [1.165, 1.54) is 12.8 Å². The summed E-state index contributed by atoms with van der Waals surface area (Å²) in [5.74, 6) is 0.795. The number of aromatic nitrogens is 4. The van der Waals surface area contributed by atoms with E-state index in [1.54, 1.807) is 12.5 Å². The molecule has 0 spiro atoms. The smallest absolute Gasteiger partial charge is 0.203 e. The average Bonchev–Trinajstić information content (AvgIpc) is 2.86. The quantitative estimate of drug-likeness (QED) is 0.871. The Hall–Kier alpha value is -1.69. The molecule has 0 aliphatic carbocycles. The molecule has 2 aromatic rings. The fraction of sp³-hybridized carbons (Fsp3) is 0.615. The van der Waals surface area contributed by atoms with Gasteiger partial charge < -0.3 is 10.6 Å². The Kier molecular flexibility index (Phi) is 3.10. The summed E-state index contributed by atoms with van der Waals surface area (Å²) < 4.78 is 1.87. The van der Waals surface area contributed by atoms with Crippen molar-refractivity contribution >= 4 is 11.5 Å². The first-order valence-corrected chi connectivity index (χ1v) is 6.78. The van der Waals surface area contributed by atoms with Crippen LogP contribution in [0.3, 0.4) is 0 Å². The molecular formula is C13H20N6. The summed E-state index contributed by atoms with van der Waals surface area (Å²) in [4.78, 5) is 4.35. The van der Waals surface area contributed by atoms with Crippen molar-refractivity contribution in [1.29, 1.82) is 0 Å². The molecule has 2 N–H and O–H groups in total. The van der Waals surface area contributed by atoms with E-state index in [-0.39, 0.29) is 0 Å². The number of anilines is 1. The van der Waals surface area contributed by atoms with E-state index in [9.17, 15) is 0 Å². The second kappa shape index (κ2) is 4.77. The number of hydrogen-bond acceptors (Lipinski definition) is 5. The van der Waals surface area contributed by atoms with Gasteiger partial charge in [0, 0.05) is 25.0 Å². The summed E-state index contributed by atoms with van der Waals surface area (Å²) >= 11 is 0. The highest BCUT2D eigenvalue weighted by molar-refractivity contribution is 5.61. The van der Waals surface area contributed by atoms with E-state index in [2.05, 4.69) is 39.7 Å². The van der Waals surface area contributed by atoms with Crippen molar-refractivity contribution in [3.8, 4) is 0 Å². The molecule has 6 heteroatoms. The van der Waals surface area contributed by atoms with Crippen molar-refractivity contribution in [1.82, 2.24) is 24.9 Å². The molecule has 1 fully saturated rings. The van der Waals surface area contributed by atoms with Gasteiger partial charge in [-0.15, -0.1) is 10.2 Å². The van der Waals surface area contributed by atoms with Crippen LogP contribution in [0.1, 0.15) is 26.7 Å². The number of rotatable bonds is 3. The summed E-state index contributed by atoms with van der Waals surface area (Å²) in [6, 6.07) is 0.450. The van der Waals surface area contributed by atoms with Gasteiger partial charge in [0.25, 0.3) is 0 Å². The monoisotopic (exact) mass is 260 g/mol. The van der Waals surface area contributed by atoms with Gasteiger partial charge in [0.1, 0.15) is 6.33 Å². The first-order valence-electron chi connectivity index (χ1n) is 6.78. The first kappa shape index (κ1) is 12.3. The number of fused-ring (bicyclic) bond motifs is 1. The van der Waals surface area contributed by atoms with Crippen molar-refractivity contribution in [2.45, 2.75) is 32.7 Å². The van der Waals surface area contributed by atoms with E-state index in [0.717, 1.165) is 24.6 Å². The van der Waals surface area contributed by atoms with Gasteiger partial charge in [0.15, 0.2) is 5.82 Å². The third-order valence-electron chi connectivity index (χ3n) is 4.02. The maximum absolute atomic E-state index is 4.35. The van der Waals surface area contributed by atoms with E-state index in [4.69, 9.17) is 0 Å². The molecule has 0 amide bonds. The van der Waals surface area contributed by atoms with Crippen molar-refractivity contribution in [3.05, 3.63) is 18.7 Å². The molecule has 1 aliphatic heterocycles.